The summed E-state index contributed by atoms with van der Waals surface area (Å²) in [6, 6.07) is 9.36. The maximum Gasteiger partial charge on any atom is 0.270 e. The zero-order valence-electron chi connectivity index (χ0n) is 23.2. The highest BCUT2D eigenvalue weighted by atomic mass is 35.5. The highest BCUT2D eigenvalue weighted by molar-refractivity contribution is 6.32. The molecule has 3 aromatic heterocycles. The molecule has 0 unspecified atom stereocenters. The molecule has 5 rings (SSSR count). The first-order valence-corrected chi connectivity index (χ1v) is 13.9. The Kier molecular flexibility index (Phi) is 8.02. The van der Waals surface area contributed by atoms with Crippen molar-refractivity contribution in [3.8, 4) is 28.5 Å². The van der Waals surface area contributed by atoms with Crippen LogP contribution < -0.4 is 4.74 Å². The number of nitrogens with one attached hydrogen (secondary N) is 1. The van der Waals surface area contributed by atoms with Crippen LogP contribution in [0.15, 0.2) is 42.7 Å². The molecule has 1 aromatic carbocycles. The summed E-state index contributed by atoms with van der Waals surface area (Å²) in [5, 5.41) is 5.31. The minimum absolute atomic E-state index is 0.0493. The summed E-state index contributed by atoms with van der Waals surface area (Å²) in [6.45, 7) is 6.07. The van der Waals surface area contributed by atoms with Gasteiger partial charge in [0.25, 0.3) is 5.91 Å². The van der Waals surface area contributed by atoms with E-state index < -0.39 is 0 Å². The van der Waals surface area contributed by atoms with Crippen molar-refractivity contribution in [3.63, 3.8) is 0 Å². The number of Topliss-reactive ketones (excluding diaryl/α,β-unsaturated/α-hetero) is 1. The highest BCUT2D eigenvalue weighted by Crippen LogP contribution is 2.31. The second-order valence-electron chi connectivity index (χ2n) is 10.2. The molecule has 3 heterocycles. The SMILES string of the molecule is COc1ccc(-c2nc(-c3ccncc3)nn2CCN(C(=O)c2[nH]c(C)c(C(C)=O)c2C)C2CCCC2)cc1Cl. The van der Waals surface area contributed by atoms with E-state index in [2.05, 4.69) is 9.97 Å². The molecule has 1 amide bonds. The predicted octanol–water partition coefficient (Wildman–Crippen LogP) is 5.90. The van der Waals surface area contributed by atoms with Gasteiger partial charge in [-0.3, -0.25) is 14.6 Å². The second kappa shape index (κ2) is 11.6. The Balaban J connectivity index is 1.50. The van der Waals surface area contributed by atoms with Crippen LogP contribution in [0.1, 0.15) is 64.7 Å². The van der Waals surface area contributed by atoms with Gasteiger partial charge in [-0.2, -0.15) is 5.10 Å². The number of ether oxygens (including phenoxy) is 1. The summed E-state index contributed by atoms with van der Waals surface area (Å²) < 4.78 is 7.16. The molecular formula is C30H33ClN6O3. The van der Waals surface area contributed by atoms with Crippen LogP contribution in [-0.2, 0) is 6.54 Å². The monoisotopic (exact) mass is 560 g/mol. The van der Waals surface area contributed by atoms with E-state index in [9.17, 15) is 9.59 Å². The van der Waals surface area contributed by atoms with Gasteiger partial charge >= 0.3 is 0 Å². The maximum absolute atomic E-state index is 14.0. The van der Waals surface area contributed by atoms with Crippen molar-refractivity contribution in [1.82, 2.24) is 29.6 Å². The van der Waals surface area contributed by atoms with Gasteiger partial charge in [0.05, 0.1) is 18.7 Å². The Labute approximate surface area is 238 Å². The van der Waals surface area contributed by atoms with E-state index in [0.29, 0.717) is 52.3 Å². The van der Waals surface area contributed by atoms with Gasteiger partial charge in [0.15, 0.2) is 17.4 Å². The lowest BCUT2D eigenvalue weighted by Crippen LogP contribution is -2.41. The number of aromatic amines is 1. The fourth-order valence-corrected chi connectivity index (χ4v) is 5.90. The van der Waals surface area contributed by atoms with E-state index in [1.54, 1.807) is 25.6 Å². The van der Waals surface area contributed by atoms with Crippen LogP contribution in [0, 0.1) is 13.8 Å². The number of aromatic nitrogens is 5. The first kappa shape index (κ1) is 27.6. The largest absolute Gasteiger partial charge is 0.495 e. The van der Waals surface area contributed by atoms with Crippen LogP contribution in [-0.4, -0.2) is 61.0 Å². The molecule has 1 fully saturated rings. The molecule has 0 bridgehead atoms. The smallest absolute Gasteiger partial charge is 0.270 e. The fraction of sp³-hybridized carbons (Fsp3) is 0.367. The molecule has 0 saturated heterocycles. The van der Waals surface area contributed by atoms with Crippen LogP contribution in [0.2, 0.25) is 5.02 Å². The van der Waals surface area contributed by atoms with Crippen LogP contribution in [0.4, 0.5) is 0 Å². The Bertz CT molecular complexity index is 1540. The van der Waals surface area contributed by atoms with Crippen LogP contribution in [0.3, 0.4) is 0 Å². The zero-order valence-corrected chi connectivity index (χ0v) is 24.0. The molecule has 1 aliphatic carbocycles. The van der Waals surface area contributed by atoms with E-state index >= 15 is 0 Å². The summed E-state index contributed by atoms with van der Waals surface area (Å²) in [7, 11) is 1.58. The molecule has 0 aliphatic heterocycles. The lowest BCUT2D eigenvalue weighted by atomic mass is 10.1. The molecule has 4 aromatic rings. The summed E-state index contributed by atoms with van der Waals surface area (Å²) in [6.07, 6.45) is 7.48. The van der Waals surface area contributed by atoms with Crippen molar-refractivity contribution in [2.45, 2.75) is 59.0 Å². The normalized spacial score (nSPS) is 13.5. The van der Waals surface area contributed by atoms with E-state index in [0.717, 1.165) is 42.5 Å². The number of pyridine rings is 1. The Morgan fingerprint density at radius 2 is 1.85 bits per heavy atom. The van der Waals surface area contributed by atoms with Crippen LogP contribution >= 0.6 is 11.6 Å². The Morgan fingerprint density at radius 3 is 2.48 bits per heavy atom. The van der Waals surface area contributed by atoms with Crippen LogP contribution in [0.5, 0.6) is 5.75 Å². The standard InChI is InChI=1S/C30H33ClN6O3/c1-18-26(20(3)38)19(2)33-27(18)30(39)36(23-7-5-6-8-23)15-16-37-29(22-9-10-25(40-4)24(31)17-22)34-28(35-37)21-11-13-32-14-12-21/h9-14,17,23,33H,5-8,15-16H2,1-4H3. The number of hydrogen-bond acceptors (Lipinski definition) is 6. The first-order valence-electron chi connectivity index (χ1n) is 13.5. The number of halogens is 1. The number of hydrogen-bond donors (Lipinski definition) is 1. The number of ketones is 1. The molecule has 208 valence electrons. The number of rotatable bonds is 9. The molecule has 1 N–H and O–H groups in total. The maximum atomic E-state index is 14.0. The van der Waals surface area contributed by atoms with E-state index in [1.165, 1.54) is 6.92 Å². The van der Waals surface area contributed by atoms with Gasteiger partial charge in [-0.25, -0.2) is 9.67 Å². The number of carbonyl (C=O) groups is 2. The average Bonchev–Trinajstić information content (AvgIpc) is 3.69. The summed E-state index contributed by atoms with van der Waals surface area (Å²) in [5.41, 5.74) is 4.12. The van der Waals surface area contributed by atoms with Crippen molar-refractivity contribution in [2.24, 2.45) is 0 Å². The van der Waals surface area contributed by atoms with Crippen molar-refractivity contribution >= 4 is 23.3 Å². The predicted molar refractivity (Wildman–Crippen MR) is 154 cm³/mol. The molecule has 10 heteroatoms. The lowest BCUT2D eigenvalue weighted by Gasteiger charge is -2.29. The van der Waals surface area contributed by atoms with Crippen molar-refractivity contribution < 1.29 is 14.3 Å². The molecular weight excluding hydrogens is 528 g/mol. The molecule has 40 heavy (non-hydrogen) atoms. The van der Waals surface area contributed by atoms with E-state index in [4.69, 9.17) is 26.4 Å². The number of benzene rings is 1. The van der Waals surface area contributed by atoms with Crippen LogP contribution in [0.25, 0.3) is 22.8 Å². The third-order valence-corrected chi connectivity index (χ3v) is 7.90. The lowest BCUT2D eigenvalue weighted by molar-refractivity contribution is 0.0665. The molecule has 1 aliphatic rings. The van der Waals surface area contributed by atoms with Crippen molar-refractivity contribution in [2.75, 3.05) is 13.7 Å². The Morgan fingerprint density at radius 1 is 1.12 bits per heavy atom. The topological polar surface area (TPSA) is 106 Å². The molecule has 1 saturated carbocycles. The molecule has 0 atom stereocenters. The highest BCUT2D eigenvalue weighted by Gasteiger charge is 2.31. The van der Waals surface area contributed by atoms with Gasteiger partial charge in [0, 0.05) is 47.4 Å². The number of methoxy groups -OCH3 is 1. The summed E-state index contributed by atoms with van der Waals surface area (Å²) in [5.74, 6) is 1.63. The molecule has 9 nitrogen and oxygen atoms in total. The number of H-pyrrole nitrogens is 1. The van der Waals surface area contributed by atoms with Gasteiger partial charge in [0.1, 0.15) is 11.4 Å². The minimum Gasteiger partial charge on any atom is -0.495 e. The summed E-state index contributed by atoms with van der Waals surface area (Å²) >= 11 is 6.46. The van der Waals surface area contributed by atoms with E-state index in [-0.39, 0.29) is 17.7 Å². The van der Waals surface area contributed by atoms with Gasteiger partial charge in [-0.1, -0.05) is 24.4 Å². The third kappa shape index (κ3) is 5.38. The molecule has 0 spiro atoms. The second-order valence-corrected chi connectivity index (χ2v) is 10.6. The number of amides is 1. The van der Waals surface area contributed by atoms with Gasteiger partial charge in [-0.15, -0.1) is 0 Å². The van der Waals surface area contributed by atoms with Gasteiger partial charge < -0.3 is 14.6 Å². The number of carbonyl (C=O) groups excluding carboxylic acids is 2. The number of nitrogens with zero attached hydrogens (tertiary/aromatic N) is 5. The third-order valence-electron chi connectivity index (χ3n) is 7.60. The quantitative estimate of drug-likeness (QED) is 0.255. The summed E-state index contributed by atoms with van der Waals surface area (Å²) in [4.78, 5) is 40.3. The van der Waals surface area contributed by atoms with Gasteiger partial charge in [-0.05, 0) is 69.5 Å². The van der Waals surface area contributed by atoms with Crippen molar-refractivity contribution in [1.29, 1.82) is 0 Å². The first-order chi connectivity index (χ1) is 19.3. The van der Waals surface area contributed by atoms with E-state index in [1.807, 2.05) is 47.7 Å². The Hall–Kier alpha value is -3.98. The molecule has 0 radical (unpaired) electrons. The average molecular weight is 561 g/mol. The number of aryl methyl sites for hydroxylation is 1. The van der Waals surface area contributed by atoms with Gasteiger partial charge in [0.2, 0.25) is 0 Å². The van der Waals surface area contributed by atoms with Crippen molar-refractivity contribution in [3.05, 3.63) is 70.3 Å². The fourth-order valence-electron chi connectivity index (χ4n) is 5.64. The minimum atomic E-state index is -0.0940. The zero-order chi connectivity index (χ0) is 28.4.